The molecule has 2 heterocycles. The predicted molar refractivity (Wildman–Crippen MR) is 246 cm³/mol. The first-order valence-electron chi connectivity index (χ1n) is 22.8. The lowest BCUT2D eigenvalue weighted by Gasteiger charge is -2.46. The number of esters is 4. The average molecular weight is 953 g/mol. The second-order valence-electron chi connectivity index (χ2n) is 16.8. The molecule has 6 rings (SSSR count). The highest BCUT2D eigenvalue weighted by atomic mass is 16.8. The van der Waals surface area contributed by atoms with E-state index in [1.54, 1.807) is 0 Å². The number of hydrogen-bond donors (Lipinski definition) is 0. The lowest BCUT2D eigenvalue weighted by molar-refractivity contribution is -0.313. The van der Waals surface area contributed by atoms with E-state index in [2.05, 4.69) is 6.58 Å². The van der Waals surface area contributed by atoms with Gasteiger partial charge in [-0.25, -0.2) is 4.79 Å². The molecule has 0 aromatic heterocycles. The Morgan fingerprint density at radius 3 is 1.57 bits per heavy atom. The van der Waals surface area contributed by atoms with Crippen molar-refractivity contribution in [1.82, 2.24) is 0 Å². The van der Waals surface area contributed by atoms with Gasteiger partial charge in [0.25, 0.3) is 0 Å². The van der Waals surface area contributed by atoms with Crippen LogP contribution in [0.15, 0.2) is 133 Å². The highest BCUT2D eigenvalue weighted by molar-refractivity contribution is 5.69. The van der Waals surface area contributed by atoms with Crippen molar-refractivity contribution in [3.8, 4) is 0 Å². The maximum absolute atomic E-state index is 13.1. The molecule has 10 atom stereocenters. The molecule has 4 aromatic carbocycles. The van der Waals surface area contributed by atoms with Crippen molar-refractivity contribution in [3.63, 3.8) is 0 Å². The summed E-state index contributed by atoms with van der Waals surface area (Å²) in [4.78, 5) is 62.6. The van der Waals surface area contributed by atoms with Crippen LogP contribution in [-0.2, 0) is 97.7 Å². The molecule has 0 N–H and O–H groups in total. The second kappa shape index (κ2) is 26.4. The van der Waals surface area contributed by atoms with Gasteiger partial charge in [-0.3, -0.25) is 19.2 Å². The highest BCUT2D eigenvalue weighted by Crippen LogP contribution is 2.39. The van der Waals surface area contributed by atoms with Gasteiger partial charge in [0.1, 0.15) is 24.9 Å². The molecule has 0 amide bonds. The Balaban J connectivity index is 1.35. The third kappa shape index (κ3) is 16.4. The summed E-state index contributed by atoms with van der Waals surface area (Å²) in [5, 5.41) is 0. The van der Waals surface area contributed by atoms with Crippen LogP contribution >= 0.6 is 0 Å². The highest BCUT2D eigenvalue weighted by Gasteiger charge is 2.53. The van der Waals surface area contributed by atoms with Crippen LogP contribution in [0, 0.1) is 5.92 Å². The van der Waals surface area contributed by atoms with Crippen molar-refractivity contribution in [2.75, 3.05) is 13.2 Å². The van der Waals surface area contributed by atoms with Gasteiger partial charge in [-0.2, -0.15) is 0 Å². The Labute approximate surface area is 402 Å². The van der Waals surface area contributed by atoms with E-state index in [1.807, 2.05) is 121 Å². The summed E-state index contributed by atoms with van der Waals surface area (Å²) in [6, 6.07) is 38.8. The molecule has 2 aliphatic rings. The van der Waals surface area contributed by atoms with Crippen LogP contribution in [-0.4, -0.2) is 98.4 Å². The molecule has 0 spiro atoms. The minimum Gasteiger partial charge on any atom is -0.462 e. The molecular weight excluding hydrogens is 893 g/mol. The van der Waals surface area contributed by atoms with Crippen LogP contribution in [0.5, 0.6) is 0 Å². The summed E-state index contributed by atoms with van der Waals surface area (Å²) in [6.45, 7) is 9.31. The van der Waals surface area contributed by atoms with Crippen molar-refractivity contribution in [3.05, 3.63) is 156 Å². The van der Waals surface area contributed by atoms with Crippen LogP contribution in [0.2, 0.25) is 0 Å². The van der Waals surface area contributed by atoms with Gasteiger partial charge >= 0.3 is 30.0 Å². The molecule has 2 aliphatic heterocycles. The Morgan fingerprint density at radius 1 is 0.565 bits per heavy atom. The number of benzene rings is 4. The smallest absolute Gasteiger partial charge is 0.462 e. The van der Waals surface area contributed by atoms with Gasteiger partial charge in [0, 0.05) is 40.0 Å². The third-order valence-corrected chi connectivity index (χ3v) is 11.3. The minimum absolute atomic E-state index is 0.0674. The average Bonchev–Trinajstić information content (AvgIpc) is 3.69. The summed E-state index contributed by atoms with van der Waals surface area (Å²) in [6.07, 6.45) is -11.5. The van der Waals surface area contributed by atoms with Gasteiger partial charge in [0.05, 0.1) is 39.1 Å². The Morgan fingerprint density at radius 2 is 1.06 bits per heavy atom. The molecule has 0 saturated carbocycles. The topological polar surface area (TPSA) is 187 Å². The fraction of sp³-hybridized carbons (Fsp3) is 0.415. The normalized spacial score (nSPS) is 22.2. The SMILES string of the molecule is C=C(C[C@H]1[C@@H](OCc2ccccc2)[C@@H](COCc2ccccc2)O[C@@H](OCc2ccccc2)[C@@H]1OCc1ccccc1)C[C@@H]1OC(=O)O[C@@H]1[C@@H](OC(C)=O)[C@H](OC(C)=O)[C@@H](COC(C)=O)OC(C)=O. The monoisotopic (exact) mass is 952 g/mol. The van der Waals surface area contributed by atoms with E-state index in [9.17, 15) is 24.0 Å². The van der Waals surface area contributed by atoms with E-state index >= 15 is 0 Å². The quantitative estimate of drug-likeness (QED) is 0.0360. The summed E-state index contributed by atoms with van der Waals surface area (Å²) in [7, 11) is 0. The molecule has 16 heteroatoms. The first-order chi connectivity index (χ1) is 33.3. The molecule has 69 heavy (non-hydrogen) atoms. The van der Waals surface area contributed by atoms with Crippen LogP contribution in [0.25, 0.3) is 0 Å². The van der Waals surface area contributed by atoms with E-state index in [1.165, 1.54) is 0 Å². The van der Waals surface area contributed by atoms with E-state index in [4.69, 9.17) is 52.1 Å². The zero-order valence-electron chi connectivity index (χ0n) is 39.2. The molecule has 4 aromatic rings. The molecule has 0 unspecified atom stereocenters. The van der Waals surface area contributed by atoms with Crippen LogP contribution in [0.1, 0.15) is 62.8 Å². The Hall–Kier alpha value is -6.43. The number of rotatable bonds is 25. The Bertz CT molecular complexity index is 2260. The summed E-state index contributed by atoms with van der Waals surface area (Å²) < 4.78 is 66.8. The molecular formula is C53H60O16. The fourth-order valence-corrected chi connectivity index (χ4v) is 8.29. The van der Waals surface area contributed by atoms with Crippen molar-refractivity contribution < 1.29 is 76.1 Å². The predicted octanol–water partition coefficient (Wildman–Crippen LogP) is 7.53. The van der Waals surface area contributed by atoms with Gasteiger partial charge in [-0.1, -0.05) is 133 Å². The number of hydrogen-bond acceptors (Lipinski definition) is 16. The molecule has 2 fully saturated rings. The molecule has 16 nitrogen and oxygen atoms in total. The van der Waals surface area contributed by atoms with Gasteiger partial charge in [0.15, 0.2) is 30.7 Å². The van der Waals surface area contributed by atoms with Crippen LogP contribution in [0.3, 0.4) is 0 Å². The van der Waals surface area contributed by atoms with Crippen molar-refractivity contribution in [1.29, 1.82) is 0 Å². The van der Waals surface area contributed by atoms with Crippen molar-refractivity contribution in [2.45, 2.75) is 122 Å². The summed E-state index contributed by atoms with van der Waals surface area (Å²) >= 11 is 0. The zero-order valence-corrected chi connectivity index (χ0v) is 39.2. The molecule has 0 bridgehead atoms. The van der Waals surface area contributed by atoms with E-state index in [-0.39, 0.29) is 39.3 Å². The lowest BCUT2D eigenvalue weighted by atomic mass is 9.82. The van der Waals surface area contributed by atoms with Gasteiger partial charge in [0.2, 0.25) is 0 Å². The van der Waals surface area contributed by atoms with Crippen LogP contribution in [0.4, 0.5) is 4.79 Å². The number of carbonyl (C=O) groups excluding carboxylic acids is 5. The van der Waals surface area contributed by atoms with E-state index < -0.39 is 97.7 Å². The number of ether oxygens (including phenoxy) is 11. The first-order valence-corrected chi connectivity index (χ1v) is 22.8. The van der Waals surface area contributed by atoms with E-state index in [0.717, 1.165) is 49.9 Å². The molecule has 0 aliphatic carbocycles. The van der Waals surface area contributed by atoms with Crippen molar-refractivity contribution >= 4 is 30.0 Å². The summed E-state index contributed by atoms with van der Waals surface area (Å²) in [5.41, 5.74) is 4.24. The fourth-order valence-electron chi connectivity index (χ4n) is 8.29. The standard InChI is InChI=1S/C53H60O16/c1-34(27-44-49(69-53(58)68-44)51(66-38(5)57)50(65-37(4)56)46(64-36(3)55)33-60-35(2)54)26-43-47(61-29-40-20-12-7-13-21-40)45(32-59-28-39-18-10-6-11-19-39)67-52(63-31-42-24-16-9-17-25-42)48(43)62-30-41-22-14-8-15-23-41/h6-25,43-52H,1,26-33H2,2-5H3/t43-,44-,45+,46+,47+,48+,49-,50+,51+,52+/m0/s1. The minimum atomic E-state index is -1.63. The van der Waals surface area contributed by atoms with E-state index in [0.29, 0.717) is 12.2 Å². The lowest BCUT2D eigenvalue weighted by Crippen LogP contribution is -2.58. The Kier molecular flexibility index (Phi) is 19.8. The second-order valence-corrected chi connectivity index (χ2v) is 16.8. The zero-order chi connectivity index (χ0) is 49.1. The number of cyclic esters (lactones) is 2. The van der Waals surface area contributed by atoms with Crippen molar-refractivity contribution in [2.24, 2.45) is 5.92 Å². The summed E-state index contributed by atoms with van der Waals surface area (Å²) in [5.74, 6) is -3.82. The first kappa shape index (κ1) is 52.0. The molecule has 368 valence electrons. The maximum Gasteiger partial charge on any atom is 0.509 e. The molecule has 0 radical (unpaired) electrons. The third-order valence-electron chi connectivity index (χ3n) is 11.3. The molecule has 2 saturated heterocycles. The number of carbonyl (C=O) groups is 5. The maximum atomic E-state index is 13.1. The largest absolute Gasteiger partial charge is 0.509 e. The van der Waals surface area contributed by atoms with Gasteiger partial charge in [-0.05, 0) is 28.7 Å². The van der Waals surface area contributed by atoms with Crippen LogP contribution < -0.4 is 0 Å². The van der Waals surface area contributed by atoms with Gasteiger partial charge < -0.3 is 52.1 Å². The van der Waals surface area contributed by atoms with Gasteiger partial charge in [-0.15, -0.1) is 0 Å².